The van der Waals surface area contributed by atoms with Gasteiger partial charge >= 0.3 is 5.69 Å². The second kappa shape index (κ2) is 11.3. The largest absolute Gasteiger partial charge is 0.493 e. The number of rotatable bonds is 9. The second-order valence-corrected chi connectivity index (χ2v) is 8.70. The molecule has 0 spiro atoms. The summed E-state index contributed by atoms with van der Waals surface area (Å²) in [6.45, 7) is 0.669. The summed E-state index contributed by atoms with van der Waals surface area (Å²) in [4.78, 5) is 51.7. The smallest absolute Gasteiger partial charge is 0.332 e. The van der Waals surface area contributed by atoms with Gasteiger partial charge in [-0.25, -0.2) is 4.79 Å². The zero-order valence-electron chi connectivity index (χ0n) is 21.0. The predicted octanol–water partition coefficient (Wildman–Crippen LogP) is 0.884. The van der Waals surface area contributed by atoms with Gasteiger partial charge in [0.15, 0.2) is 11.5 Å². The van der Waals surface area contributed by atoms with Crippen LogP contribution in [0.4, 0.5) is 0 Å². The number of benzene rings is 2. The average Bonchev–Trinajstić information content (AvgIpc) is 3.45. The molecule has 1 aliphatic heterocycles. The van der Waals surface area contributed by atoms with Crippen molar-refractivity contribution in [1.29, 1.82) is 0 Å². The molecule has 0 unspecified atom stereocenters. The van der Waals surface area contributed by atoms with Gasteiger partial charge in [-0.3, -0.25) is 23.5 Å². The minimum Gasteiger partial charge on any atom is -0.493 e. The van der Waals surface area contributed by atoms with Gasteiger partial charge in [0.25, 0.3) is 11.5 Å². The third-order valence-corrected chi connectivity index (χ3v) is 6.37. The Morgan fingerprint density at radius 2 is 1.76 bits per heavy atom. The first kappa shape index (κ1) is 26.0. The minimum absolute atomic E-state index is 0.0477. The van der Waals surface area contributed by atoms with Gasteiger partial charge in [-0.05, 0) is 36.6 Å². The van der Waals surface area contributed by atoms with Gasteiger partial charge in [0, 0.05) is 31.8 Å². The van der Waals surface area contributed by atoms with Gasteiger partial charge in [-0.15, -0.1) is 0 Å². The van der Waals surface area contributed by atoms with E-state index < -0.39 is 11.2 Å². The summed E-state index contributed by atoms with van der Waals surface area (Å²) in [7, 11) is 4.43. The standard InChI is InChI=1S/C26H30N4O7/c1-27-24(32)17-8-6-16(7-9-17)14-30-25(33)19-11-21(35-2)22(36-3)12-20(19)29(26(30)34)15-23(31)28-13-18-5-4-10-37-18/h6-9,11-12,18H,4-5,10,13-15H2,1-3H3,(H,27,32)(H,28,31)/t18-/m1/s1. The van der Waals surface area contributed by atoms with Crippen molar-refractivity contribution in [3.05, 3.63) is 68.4 Å². The highest BCUT2D eigenvalue weighted by molar-refractivity contribution is 5.94. The molecular formula is C26H30N4O7. The van der Waals surface area contributed by atoms with Crippen LogP contribution in [0.15, 0.2) is 46.0 Å². The quantitative estimate of drug-likeness (QED) is 0.437. The molecule has 4 rings (SSSR count). The van der Waals surface area contributed by atoms with Crippen LogP contribution in [0.25, 0.3) is 10.9 Å². The van der Waals surface area contributed by atoms with Crippen LogP contribution in [0.3, 0.4) is 0 Å². The third kappa shape index (κ3) is 5.51. The first-order valence-electron chi connectivity index (χ1n) is 11.9. The Balaban J connectivity index is 1.75. The van der Waals surface area contributed by atoms with E-state index in [2.05, 4.69) is 10.6 Å². The highest BCUT2D eigenvalue weighted by Crippen LogP contribution is 2.30. The molecule has 1 fully saturated rings. The summed E-state index contributed by atoms with van der Waals surface area (Å²) in [5.41, 5.74) is 0.168. The molecule has 37 heavy (non-hydrogen) atoms. The molecule has 0 aliphatic carbocycles. The van der Waals surface area contributed by atoms with Crippen LogP contribution < -0.4 is 31.4 Å². The van der Waals surface area contributed by atoms with Gasteiger partial charge in [0.1, 0.15) is 6.54 Å². The lowest BCUT2D eigenvalue weighted by Gasteiger charge is -2.17. The van der Waals surface area contributed by atoms with Gasteiger partial charge in [-0.1, -0.05) is 12.1 Å². The fraction of sp³-hybridized carbons (Fsp3) is 0.385. The monoisotopic (exact) mass is 510 g/mol. The lowest BCUT2D eigenvalue weighted by Crippen LogP contribution is -2.43. The number of amides is 2. The number of hydrogen-bond donors (Lipinski definition) is 2. The summed E-state index contributed by atoms with van der Waals surface area (Å²) >= 11 is 0. The van der Waals surface area contributed by atoms with Crippen molar-refractivity contribution in [3.63, 3.8) is 0 Å². The normalized spacial score (nSPS) is 14.9. The van der Waals surface area contributed by atoms with E-state index in [4.69, 9.17) is 14.2 Å². The van der Waals surface area contributed by atoms with Crippen LogP contribution in [0.5, 0.6) is 11.5 Å². The van der Waals surface area contributed by atoms with Crippen LogP contribution in [-0.2, 0) is 22.6 Å². The van der Waals surface area contributed by atoms with E-state index in [0.29, 0.717) is 35.8 Å². The maximum atomic E-state index is 13.6. The molecule has 1 atom stereocenters. The molecule has 1 aliphatic rings. The van der Waals surface area contributed by atoms with Gasteiger partial charge in [-0.2, -0.15) is 0 Å². The molecule has 2 amide bonds. The summed E-state index contributed by atoms with van der Waals surface area (Å²) in [6.07, 6.45) is 1.76. The van der Waals surface area contributed by atoms with E-state index in [0.717, 1.165) is 17.4 Å². The number of carbonyl (C=O) groups excluding carboxylic acids is 2. The molecule has 1 aromatic heterocycles. The van der Waals surface area contributed by atoms with E-state index >= 15 is 0 Å². The molecule has 0 saturated carbocycles. The number of nitrogens with zero attached hydrogens (tertiary/aromatic N) is 2. The van der Waals surface area contributed by atoms with E-state index in [-0.39, 0.29) is 41.9 Å². The minimum atomic E-state index is -0.646. The molecule has 3 aromatic rings. The Hall–Kier alpha value is -4.12. The van der Waals surface area contributed by atoms with Crippen molar-refractivity contribution in [2.45, 2.75) is 32.0 Å². The van der Waals surface area contributed by atoms with Gasteiger partial charge in [0.2, 0.25) is 5.91 Å². The first-order valence-corrected chi connectivity index (χ1v) is 11.9. The molecule has 2 N–H and O–H groups in total. The summed E-state index contributed by atoms with van der Waals surface area (Å²) < 4.78 is 18.6. The topological polar surface area (TPSA) is 130 Å². The van der Waals surface area contributed by atoms with Gasteiger partial charge in [0.05, 0.1) is 37.8 Å². The van der Waals surface area contributed by atoms with Crippen molar-refractivity contribution in [1.82, 2.24) is 19.8 Å². The highest BCUT2D eigenvalue weighted by atomic mass is 16.5. The van der Waals surface area contributed by atoms with Crippen molar-refractivity contribution in [3.8, 4) is 11.5 Å². The Labute approximate surface area is 212 Å². The number of aromatic nitrogens is 2. The number of methoxy groups -OCH3 is 2. The Kier molecular flexibility index (Phi) is 7.92. The van der Waals surface area contributed by atoms with Crippen LogP contribution in [0.2, 0.25) is 0 Å². The van der Waals surface area contributed by atoms with Crippen molar-refractivity contribution >= 4 is 22.7 Å². The van der Waals surface area contributed by atoms with Crippen LogP contribution in [0.1, 0.15) is 28.8 Å². The van der Waals surface area contributed by atoms with E-state index in [1.165, 1.54) is 38.0 Å². The van der Waals surface area contributed by atoms with Crippen LogP contribution >= 0.6 is 0 Å². The molecule has 2 heterocycles. The van der Waals surface area contributed by atoms with Crippen molar-refractivity contribution in [2.24, 2.45) is 0 Å². The Morgan fingerprint density at radius 1 is 1.05 bits per heavy atom. The highest BCUT2D eigenvalue weighted by Gasteiger charge is 2.20. The predicted molar refractivity (Wildman–Crippen MR) is 136 cm³/mol. The fourth-order valence-electron chi connectivity index (χ4n) is 4.36. The maximum Gasteiger partial charge on any atom is 0.332 e. The number of hydrogen-bond acceptors (Lipinski definition) is 7. The van der Waals surface area contributed by atoms with E-state index in [1.54, 1.807) is 24.3 Å². The Morgan fingerprint density at radius 3 is 2.38 bits per heavy atom. The molecule has 11 heteroatoms. The van der Waals surface area contributed by atoms with Gasteiger partial charge < -0.3 is 24.8 Å². The van der Waals surface area contributed by atoms with E-state index in [1.807, 2.05) is 0 Å². The first-order chi connectivity index (χ1) is 17.9. The Bertz CT molecular complexity index is 1420. The molecule has 0 radical (unpaired) electrons. The molecule has 1 saturated heterocycles. The second-order valence-electron chi connectivity index (χ2n) is 8.70. The summed E-state index contributed by atoms with van der Waals surface area (Å²) in [5, 5.41) is 5.56. The molecule has 196 valence electrons. The number of fused-ring (bicyclic) bond motifs is 1. The number of nitrogens with one attached hydrogen (secondary N) is 2. The van der Waals surface area contributed by atoms with Crippen LogP contribution in [-0.4, -0.2) is 61.5 Å². The zero-order chi connectivity index (χ0) is 26.5. The summed E-state index contributed by atoms with van der Waals surface area (Å²) in [5.74, 6) is 0.0205. The maximum absolute atomic E-state index is 13.6. The SMILES string of the molecule is CNC(=O)c1ccc(Cn2c(=O)c3cc(OC)c(OC)cc3n(CC(=O)NC[C@H]3CCCO3)c2=O)cc1. The molecule has 11 nitrogen and oxygen atoms in total. The lowest BCUT2D eigenvalue weighted by molar-refractivity contribution is -0.122. The zero-order valence-corrected chi connectivity index (χ0v) is 21.0. The van der Waals surface area contributed by atoms with E-state index in [9.17, 15) is 19.2 Å². The molecule has 0 bridgehead atoms. The van der Waals surface area contributed by atoms with Crippen molar-refractivity contribution < 1.29 is 23.8 Å². The summed E-state index contributed by atoms with van der Waals surface area (Å²) in [6, 6.07) is 9.60. The lowest BCUT2D eigenvalue weighted by atomic mass is 10.1. The molecular weight excluding hydrogens is 480 g/mol. The van der Waals surface area contributed by atoms with Crippen molar-refractivity contribution in [2.75, 3.05) is 34.4 Å². The molecule has 2 aromatic carbocycles. The number of ether oxygens (including phenoxy) is 3. The fourth-order valence-corrected chi connectivity index (χ4v) is 4.36. The van der Waals surface area contributed by atoms with Crippen LogP contribution in [0, 0.1) is 0 Å². The average molecular weight is 511 g/mol. The third-order valence-electron chi connectivity index (χ3n) is 6.37. The number of carbonyl (C=O) groups is 2.